The minimum absolute atomic E-state index is 0.0420. The zero-order valence-corrected chi connectivity index (χ0v) is 9.75. The lowest BCUT2D eigenvalue weighted by atomic mass is 9.64. The van der Waals surface area contributed by atoms with Crippen molar-refractivity contribution in [1.29, 1.82) is 0 Å². The molecule has 0 heterocycles. The first-order chi connectivity index (χ1) is 7.00. The van der Waals surface area contributed by atoms with E-state index in [1.807, 2.05) is 24.3 Å². The van der Waals surface area contributed by atoms with Gasteiger partial charge in [-0.05, 0) is 30.7 Å². The Labute approximate surface area is 95.3 Å². The first-order valence-electron chi connectivity index (χ1n) is 5.20. The number of aliphatic hydroxyl groups is 1. The van der Waals surface area contributed by atoms with Crippen molar-refractivity contribution in [3.05, 3.63) is 29.3 Å². The summed E-state index contributed by atoms with van der Waals surface area (Å²) >= 11 is 5.81. The summed E-state index contributed by atoms with van der Waals surface area (Å²) in [6.45, 7) is 4.16. The Morgan fingerprint density at radius 2 is 1.93 bits per heavy atom. The standard InChI is InChI=1S/C12H16ClNO/c1-12(2)10(7-11(12)15)14-9-5-3-8(13)4-6-9/h3-6,10-11,14-15H,7H2,1-2H3. The fraction of sp³-hybridized carbons (Fsp3) is 0.500. The van der Waals surface area contributed by atoms with E-state index in [9.17, 15) is 5.11 Å². The van der Waals surface area contributed by atoms with E-state index in [0.717, 1.165) is 17.1 Å². The summed E-state index contributed by atoms with van der Waals surface area (Å²) in [5.74, 6) is 0. The van der Waals surface area contributed by atoms with E-state index in [0.29, 0.717) is 6.04 Å². The molecule has 2 rings (SSSR count). The van der Waals surface area contributed by atoms with Gasteiger partial charge >= 0.3 is 0 Å². The molecule has 0 radical (unpaired) electrons. The van der Waals surface area contributed by atoms with Gasteiger partial charge < -0.3 is 10.4 Å². The minimum Gasteiger partial charge on any atom is -0.392 e. The van der Waals surface area contributed by atoms with Gasteiger partial charge in [-0.2, -0.15) is 0 Å². The van der Waals surface area contributed by atoms with Gasteiger partial charge in [-0.15, -0.1) is 0 Å². The van der Waals surface area contributed by atoms with Crippen LogP contribution in [-0.2, 0) is 0 Å². The molecule has 0 spiro atoms. The largest absolute Gasteiger partial charge is 0.392 e. The van der Waals surface area contributed by atoms with Crippen molar-refractivity contribution in [3.63, 3.8) is 0 Å². The molecule has 0 aliphatic heterocycles. The molecule has 2 unspecified atom stereocenters. The van der Waals surface area contributed by atoms with Crippen molar-refractivity contribution in [1.82, 2.24) is 0 Å². The lowest BCUT2D eigenvalue weighted by Crippen LogP contribution is -2.56. The molecule has 1 aliphatic carbocycles. The Balaban J connectivity index is 2.02. The maximum absolute atomic E-state index is 9.61. The highest BCUT2D eigenvalue weighted by Crippen LogP contribution is 2.42. The molecule has 0 saturated heterocycles. The van der Waals surface area contributed by atoms with E-state index in [4.69, 9.17) is 11.6 Å². The van der Waals surface area contributed by atoms with Gasteiger partial charge in [0.05, 0.1) is 6.10 Å². The van der Waals surface area contributed by atoms with Crippen LogP contribution in [0.3, 0.4) is 0 Å². The summed E-state index contributed by atoms with van der Waals surface area (Å²) in [6, 6.07) is 8.00. The smallest absolute Gasteiger partial charge is 0.0630 e. The summed E-state index contributed by atoms with van der Waals surface area (Å²) in [7, 11) is 0. The first-order valence-corrected chi connectivity index (χ1v) is 5.58. The van der Waals surface area contributed by atoms with Crippen molar-refractivity contribution in [2.75, 3.05) is 5.32 Å². The number of aliphatic hydroxyl groups excluding tert-OH is 1. The number of benzene rings is 1. The van der Waals surface area contributed by atoms with Crippen molar-refractivity contribution < 1.29 is 5.11 Å². The predicted molar refractivity (Wildman–Crippen MR) is 63.3 cm³/mol. The van der Waals surface area contributed by atoms with Gasteiger partial charge in [-0.3, -0.25) is 0 Å². The fourth-order valence-corrected chi connectivity index (χ4v) is 2.02. The molecule has 2 N–H and O–H groups in total. The second-order valence-electron chi connectivity index (χ2n) is 4.78. The Bertz CT molecular complexity index is 347. The number of hydrogen-bond donors (Lipinski definition) is 2. The second kappa shape index (κ2) is 3.69. The van der Waals surface area contributed by atoms with E-state index in [1.165, 1.54) is 0 Å². The molecule has 15 heavy (non-hydrogen) atoms. The number of nitrogens with one attached hydrogen (secondary N) is 1. The van der Waals surface area contributed by atoms with Crippen LogP contribution >= 0.6 is 11.6 Å². The topological polar surface area (TPSA) is 32.3 Å². The molecule has 0 bridgehead atoms. The highest BCUT2D eigenvalue weighted by atomic mass is 35.5. The summed E-state index contributed by atoms with van der Waals surface area (Å²) in [4.78, 5) is 0. The summed E-state index contributed by atoms with van der Waals surface area (Å²) < 4.78 is 0. The van der Waals surface area contributed by atoms with Crippen LogP contribution in [0.1, 0.15) is 20.3 Å². The molecule has 2 atom stereocenters. The van der Waals surface area contributed by atoms with Gasteiger partial charge in [0.1, 0.15) is 0 Å². The SMILES string of the molecule is CC1(C)C(O)CC1Nc1ccc(Cl)cc1. The normalized spacial score (nSPS) is 28.3. The minimum atomic E-state index is -0.192. The summed E-state index contributed by atoms with van der Waals surface area (Å²) in [5, 5.41) is 13.8. The highest BCUT2D eigenvalue weighted by molar-refractivity contribution is 6.30. The van der Waals surface area contributed by atoms with Crippen LogP contribution in [-0.4, -0.2) is 17.3 Å². The lowest BCUT2D eigenvalue weighted by Gasteiger charge is -2.49. The summed E-state index contributed by atoms with van der Waals surface area (Å²) in [6.07, 6.45) is 0.623. The highest BCUT2D eigenvalue weighted by Gasteiger charge is 2.47. The van der Waals surface area contributed by atoms with E-state index in [2.05, 4.69) is 19.2 Å². The number of hydrogen-bond acceptors (Lipinski definition) is 2. The zero-order chi connectivity index (χ0) is 11.1. The number of anilines is 1. The Morgan fingerprint density at radius 1 is 1.33 bits per heavy atom. The predicted octanol–water partition coefficient (Wildman–Crippen LogP) is 2.91. The molecule has 1 aliphatic rings. The van der Waals surface area contributed by atoms with Gasteiger partial charge in [0.15, 0.2) is 0 Å². The molecule has 0 amide bonds. The Morgan fingerprint density at radius 3 is 2.40 bits per heavy atom. The Hall–Kier alpha value is -0.730. The van der Waals surface area contributed by atoms with Crippen LogP contribution in [0, 0.1) is 5.41 Å². The zero-order valence-electron chi connectivity index (χ0n) is 9.00. The van der Waals surface area contributed by atoms with Crippen LogP contribution in [0.25, 0.3) is 0 Å². The molecule has 1 saturated carbocycles. The number of halogens is 1. The van der Waals surface area contributed by atoms with E-state index in [1.54, 1.807) is 0 Å². The van der Waals surface area contributed by atoms with Gasteiger partial charge in [0.25, 0.3) is 0 Å². The molecule has 1 fully saturated rings. The molecule has 2 nitrogen and oxygen atoms in total. The molecule has 82 valence electrons. The van der Waals surface area contributed by atoms with Gasteiger partial charge in [-0.1, -0.05) is 25.4 Å². The second-order valence-corrected chi connectivity index (χ2v) is 5.21. The van der Waals surface area contributed by atoms with Crippen molar-refractivity contribution >= 4 is 17.3 Å². The van der Waals surface area contributed by atoms with E-state index >= 15 is 0 Å². The van der Waals surface area contributed by atoms with Crippen LogP contribution in [0.2, 0.25) is 5.02 Å². The molecule has 3 heteroatoms. The average molecular weight is 226 g/mol. The van der Waals surface area contributed by atoms with E-state index in [-0.39, 0.29) is 11.5 Å². The third kappa shape index (κ3) is 1.97. The molecular formula is C12H16ClNO. The molecule has 1 aromatic rings. The molecule has 1 aromatic carbocycles. The van der Waals surface area contributed by atoms with Crippen molar-refractivity contribution in [2.24, 2.45) is 5.41 Å². The Kier molecular flexibility index (Phi) is 2.65. The first kappa shape index (κ1) is 10.8. The van der Waals surface area contributed by atoms with Crippen LogP contribution in [0.5, 0.6) is 0 Å². The fourth-order valence-electron chi connectivity index (χ4n) is 1.89. The number of rotatable bonds is 2. The molecule has 0 aromatic heterocycles. The lowest BCUT2D eigenvalue weighted by molar-refractivity contribution is -0.0510. The van der Waals surface area contributed by atoms with E-state index < -0.39 is 0 Å². The summed E-state index contributed by atoms with van der Waals surface area (Å²) in [5.41, 5.74) is 1.02. The van der Waals surface area contributed by atoms with Crippen molar-refractivity contribution in [2.45, 2.75) is 32.4 Å². The quantitative estimate of drug-likeness (QED) is 0.811. The maximum atomic E-state index is 9.61. The molecular weight excluding hydrogens is 210 g/mol. The van der Waals surface area contributed by atoms with Gasteiger partial charge in [0.2, 0.25) is 0 Å². The van der Waals surface area contributed by atoms with Crippen LogP contribution in [0.4, 0.5) is 5.69 Å². The van der Waals surface area contributed by atoms with Crippen molar-refractivity contribution in [3.8, 4) is 0 Å². The van der Waals surface area contributed by atoms with Gasteiger partial charge in [-0.25, -0.2) is 0 Å². The van der Waals surface area contributed by atoms with Gasteiger partial charge in [0, 0.05) is 22.2 Å². The average Bonchev–Trinajstić information content (AvgIpc) is 2.21. The maximum Gasteiger partial charge on any atom is 0.0630 e. The monoisotopic (exact) mass is 225 g/mol. The van der Waals surface area contributed by atoms with Crippen LogP contribution in [0.15, 0.2) is 24.3 Å². The third-order valence-corrected chi connectivity index (χ3v) is 3.65. The van der Waals surface area contributed by atoms with Crippen LogP contribution < -0.4 is 5.32 Å². The third-order valence-electron chi connectivity index (χ3n) is 3.40.